The van der Waals surface area contributed by atoms with Gasteiger partial charge in [0.15, 0.2) is 0 Å². The molecule has 0 radical (unpaired) electrons. The molecule has 0 bridgehead atoms. The minimum atomic E-state index is -0.482. The normalized spacial score (nSPS) is 18.0. The highest BCUT2D eigenvalue weighted by Gasteiger charge is 2.42. The highest BCUT2D eigenvalue weighted by Crippen LogP contribution is 2.33. The molecule has 0 unspecified atom stereocenters. The molecule has 2 heterocycles. The topological polar surface area (TPSA) is 68.7 Å². The highest BCUT2D eigenvalue weighted by molar-refractivity contribution is 5.83. The van der Waals surface area contributed by atoms with E-state index in [1.807, 2.05) is 37.8 Å². The molecule has 1 fully saturated rings. The predicted octanol–water partition coefficient (Wildman–Crippen LogP) is 2.08. The summed E-state index contributed by atoms with van der Waals surface area (Å²) in [5.74, 6) is 1.80. The fraction of sp³-hybridized carbons (Fsp3) is 0.688. The summed E-state index contributed by atoms with van der Waals surface area (Å²) in [5, 5.41) is 0. The molecule has 0 saturated carbocycles. The molecule has 1 aromatic heterocycles. The SMILES string of the molecule is Cc1ccc(CN(C(=O)C2(CN)CCOCC2)C(C)C)o1. The number of furan rings is 1. The van der Waals surface area contributed by atoms with Crippen molar-refractivity contribution in [2.45, 2.75) is 46.2 Å². The minimum Gasteiger partial charge on any atom is -0.464 e. The lowest BCUT2D eigenvalue weighted by Gasteiger charge is -2.40. The Labute approximate surface area is 126 Å². The average molecular weight is 294 g/mol. The lowest BCUT2D eigenvalue weighted by atomic mass is 9.78. The van der Waals surface area contributed by atoms with Gasteiger partial charge in [0.25, 0.3) is 0 Å². The Kier molecular flexibility index (Phi) is 5.06. The number of rotatable bonds is 5. The number of ether oxygens (including phenoxy) is 1. The average Bonchev–Trinajstić information content (AvgIpc) is 2.90. The lowest BCUT2D eigenvalue weighted by Crippen LogP contribution is -2.52. The van der Waals surface area contributed by atoms with E-state index in [1.165, 1.54) is 0 Å². The van der Waals surface area contributed by atoms with Crippen LogP contribution >= 0.6 is 0 Å². The quantitative estimate of drug-likeness (QED) is 0.902. The largest absolute Gasteiger partial charge is 0.464 e. The van der Waals surface area contributed by atoms with Crippen LogP contribution in [0.4, 0.5) is 0 Å². The predicted molar refractivity (Wildman–Crippen MR) is 80.7 cm³/mol. The molecule has 0 aliphatic carbocycles. The number of hydrogen-bond acceptors (Lipinski definition) is 4. The zero-order valence-electron chi connectivity index (χ0n) is 13.2. The van der Waals surface area contributed by atoms with Gasteiger partial charge in [-0.15, -0.1) is 0 Å². The van der Waals surface area contributed by atoms with Crippen LogP contribution in [0.25, 0.3) is 0 Å². The summed E-state index contributed by atoms with van der Waals surface area (Å²) in [6, 6.07) is 3.96. The van der Waals surface area contributed by atoms with E-state index in [-0.39, 0.29) is 11.9 Å². The molecule has 118 valence electrons. The number of carbonyl (C=O) groups excluding carboxylic acids is 1. The molecule has 21 heavy (non-hydrogen) atoms. The van der Waals surface area contributed by atoms with Gasteiger partial charge in [0.05, 0.1) is 12.0 Å². The molecule has 0 spiro atoms. The van der Waals surface area contributed by atoms with E-state index in [9.17, 15) is 4.79 Å². The first kappa shape index (κ1) is 16.0. The standard InChI is InChI=1S/C16H26N2O3/c1-12(2)18(10-14-5-4-13(3)21-14)15(19)16(11-17)6-8-20-9-7-16/h4-5,12H,6-11,17H2,1-3H3. The van der Waals surface area contributed by atoms with Gasteiger partial charge in [0.1, 0.15) is 11.5 Å². The third kappa shape index (κ3) is 3.47. The van der Waals surface area contributed by atoms with Gasteiger partial charge >= 0.3 is 0 Å². The molecule has 1 aromatic rings. The highest BCUT2D eigenvalue weighted by atomic mass is 16.5. The molecule has 5 heteroatoms. The van der Waals surface area contributed by atoms with Crippen molar-refractivity contribution in [3.05, 3.63) is 23.7 Å². The molecule has 0 atom stereocenters. The zero-order valence-corrected chi connectivity index (χ0v) is 13.2. The second-order valence-electron chi connectivity index (χ2n) is 6.14. The van der Waals surface area contributed by atoms with Crippen LogP contribution < -0.4 is 5.73 Å². The van der Waals surface area contributed by atoms with E-state index in [0.717, 1.165) is 11.5 Å². The van der Waals surface area contributed by atoms with Crippen LogP contribution in [0.3, 0.4) is 0 Å². The van der Waals surface area contributed by atoms with Gasteiger partial charge in [0, 0.05) is 25.8 Å². The van der Waals surface area contributed by atoms with Crippen LogP contribution in [0.5, 0.6) is 0 Å². The van der Waals surface area contributed by atoms with Crippen LogP contribution in [0.1, 0.15) is 38.2 Å². The molecule has 5 nitrogen and oxygen atoms in total. The number of carbonyl (C=O) groups is 1. The molecule has 1 aliphatic rings. The first-order valence-electron chi connectivity index (χ1n) is 7.63. The van der Waals surface area contributed by atoms with Crippen molar-refractivity contribution < 1.29 is 13.9 Å². The summed E-state index contributed by atoms with van der Waals surface area (Å²) in [7, 11) is 0. The molecule has 0 aromatic carbocycles. The summed E-state index contributed by atoms with van der Waals surface area (Å²) in [6.07, 6.45) is 1.39. The maximum atomic E-state index is 13.1. The van der Waals surface area contributed by atoms with Crippen LogP contribution in [-0.2, 0) is 16.1 Å². The third-order valence-electron chi connectivity index (χ3n) is 4.30. The summed E-state index contributed by atoms with van der Waals surface area (Å²) in [5.41, 5.74) is 5.47. The number of aryl methyl sites for hydroxylation is 1. The summed E-state index contributed by atoms with van der Waals surface area (Å²) >= 11 is 0. The molecular weight excluding hydrogens is 268 g/mol. The van der Waals surface area contributed by atoms with E-state index in [4.69, 9.17) is 14.9 Å². The number of hydrogen-bond donors (Lipinski definition) is 1. The summed E-state index contributed by atoms with van der Waals surface area (Å²) < 4.78 is 11.0. The van der Waals surface area contributed by atoms with Crippen LogP contribution in [0, 0.1) is 12.3 Å². The lowest BCUT2D eigenvalue weighted by molar-refractivity contribution is -0.150. The maximum Gasteiger partial charge on any atom is 0.230 e. The van der Waals surface area contributed by atoms with Gasteiger partial charge in [-0.1, -0.05) is 0 Å². The molecule has 1 amide bonds. The van der Waals surface area contributed by atoms with E-state index < -0.39 is 5.41 Å². The van der Waals surface area contributed by atoms with E-state index in [0.29, 0.717) is 39.1 Å². The third-order valence-corrected chi connectivity index (χ3v) is 4.30. The Morgan fingerprint density at radius 2 is 2.05 bits per heavy atom. The van der Waals surface area contributed by atoms with Gasteiger partial charge in [0.2, 0.25) is 5.91 Å². The maximum absolute atomic E-state index is 13.1. The van der Waals surface area contributed by atoms with Crippen LogP contribution in [0.15, 0.2) is 16.5 Å². The van der Waals surface area contributed by atoms with Gasteiger partial charge in [-0.25, -0.2) is 0 Å². The minimum absolute atomic E-state index is 0.106. The van der Waals surface area contributed by atoms with Crippen LogP contribution in [-0.4, -0.2) is 36.6 Å². The van der Waals surface area contributed by atoms with Gasteiger partial charge < -0.3 is 19.8 Å². The van der Waals surface area contributed by atoms with Crippen LogP contribution in [0.2, 0.25) is 0 Å². The van der Waals surface area contributed by atoms with E-state index in [1.54, 1.807) is 0 Å². The Bertz CT molecular complexity index is 476. The number of nitrogens with two attached hydrogens (primary N) is 1. The first-order valence-corrected chi connectivity index (χ1v) is 7.63. The molecule has 2 rings (SSSR count). The van der Waals surface area contributed by atoms with Crippen molar-refractivity contribution in [2.24, 2.45) is 11.1 Å². The molecule has 1 saturated heterocycles. The fourth-order valence-electron chi connectivity index (χ4n) is 2.80. The summed E-state index contributed by atoms with van der Waals surface area (Å²) in [4.78, 5) is 14.9. The van der Waals surface area contributed by atoms with Crippen molar-refractivity contribution in [1.82, 2.24) is 4.90 Å². The van der Waals surface area contributed by atoms with Crippen molar-refractivity contribution in [2.75, 3.05) is 19.8 Å². The Morgan fingerprint density at radius 3 is 2.52 bits per heavy atom. The number of amides is 1. The molecule has 2 N–H and O–H groups in total. The van der Waals surface area contributed by atoms with Crippen molar-refractivity contribution >= 4 is 5.91 Å². The Hall–Kier alpha value is -1.33. The smallest absolute Gasteiger partial charge is 0.230 e. The second kappa shape index (κ2) is 6.62. The van der Waals surface area contributed by atoms with Crippen molar-refractivity contribution in [1.29, 1.82) is 0 Å². The monoisotopic (exact) mass is 294 g/mol. The van der Waals surface area contributed by atoms with Gasteiger partial charge in [-0.05, 0) is 45.7 Å². The molecule has 1 aliphatic heterocycles. The fourth-order valence-corrected chi connectivity index (χ4v) is 2.80. The summed E-state index contributed by atoms with van der Waals surface area (Å²) in [6.45, 7) is 8.03. The number of nitrogens with zero attached hydrogens (tertiary/aromatic N) is 1. The van der Waals surface area contributed by atoms with Crippen molar-refractivity contribution in [3.63, 3.8) is 0 Å². The first-order chi connectivity index (χ1) is 9.98. The van der Waals surface area contributed by atoms with Gasteiger partial charge in [-0.2, -0.15) is 0 Å². The van der Waals surface area contributed by atoms with Crippen molar-refractivity contribution in [3.8, 4) is 0 Å². The molecular formula is C16H26N2O3. The van der Waals surface area contributed by atoms with Gasteiger partial charge in [-0.3, -0.25) is 4.79 Å². The van der Waals surface area contributed by atoms with E-state index >= 15 is 0 Å². The Balaban J connectivity index is 2.18. The second-order valence-corrected chi connectivity index (χ2v) is 6.14. The van der Waals surface area contributed by atoms with E-state index in [2.05, 4.69) is 0 Å². The zero-order chi connectivity index (χ0) is 15.5. The Morgan fingerprint density at radius 1 is 1.38 bits per heavy atom.